The highest BCUT2D eigenvalue weighted by molar-refractivity contribution is 7.78. The van der Waals surface area contributed by atoms with Crippen molar-refractivity contribution in [1.29, 1.82) is 0 Å². The predicted octanol–water partition coefficient (Wildman–Crippen LogP) is 3.59. The van der Waals surface area contributed by atoms with Gasteiger partial charge in [-0.15, -0.1) is 11.3 Å². The van der Waals surface area contributed by atoms with E-state index in [0.717, 1.165) is 5.56 Å². The second kappa shape index (κ2) is 5.19. The molecule has 0 atom stereocenters. The first-order chi connectivity index (χ1) is 9.36. The molecule has 3 rings (SSSR count). The van der Waals surface area contributed by atoms with Gasteiger partial charge in [0.05, 0.1) is 16.4 Å². The Bertz CT molecular complexity index is 745. The summed E-state index contributed by atoms with van der Waals surface area (Å²) in [6.07, 6.45) is 0. The van der Waals surface area contributed by atoms with Gasteiger partial charge < -0.3 is 4.52 Å². The third-order valence-corrected chi connectivity index (χ3v) is 3.03. The van der Waals surface area contributed by atoms with Crippen molar-refractivity contribution in [2.75, 3.05) is 0 Å². The number of hydrogen-bond acceptors (Lipinski definition) is 7. The summed E-state index contributed by atoms with van der Waals surface area (Å²) in [4.78, 5) is 12.3. The maximum atomic E-state index is 5.22. The third kappa shape index (κ3) is 2.48. The molecule has 3 aromatic rings. The fraction of sp³-hybridized carbons (Fsp3) is 0. The van der Waals surface area contributed by atoms with Crippen LogP contribution in [0.5, 0.6) is 0 Å². The fourth-order valence-electron chi connectivity index (χ4n) is 1.53. The highest BCUT2D eigenvalue weighted by Crippen LogP contribution is 2.25. The van der Waals surface area contributed by atoms with E-state index in [1.165, 1.54) is 11.3 Å². The van der Waals surface area contributed by atoms with E-state index in [1.807, 2.05) is 23.6 Å². The molecule has 0 N–H and O–H groups in total. The molecule has 1 aromatic carbocycles. The molecule has 5 nitrogen and oxygen atoms in total. The Balaban J connectivity index is 1.99. The van der Waals surface area contributed by atoms with Crippen LogP contribution in [0.25, 0.3) is 23.0 Å². The van der Waals surface area contributed by atoms with Crippen LogP contribution in [-0.4, -0.2) is 20.3 Å². The topological polar surface area (TPSA) is 64.2 Å². The van der Waals surface area contributed by atoms with E-state index in [2.05, 4.69) is 37.5 Å². The number of isothiocyanates is 1. The van der Waals surface area contributed by atoms with Crippen LogP contribution in [0.3, 0.4) is 0 Å². The molecular formula is C12H6N4OS2. The molecule has 92 valence electrons. The molecule has 2 heterocycles. The molecular weight excluding hydrogens is 280 g/mol. The molecule has 0 saturated heterocycles. The summed E-state index contributed by atoms with van der Waals surface area (Å²) in [6, 6.07) is 7.33. The van der Waals surface area contributed by atoms with E-state index in [9.17, 15) is 0 Å². The summed E-state index contributed by atoms with van der Waals surface area (Å²) in [7, 11) is 0. The number of aliphatic imine (C=N–C) groups is 1. The number of aromatic nitrogens is 3. The Kier molecular flexibility index (Phi) is 3.24. The molecule has 0 aliphatic heterocycles. The zero-order chi connectivity index (χ0) is 13.1. The SMILES string of the molecule is S=C=Nc1cccc(-c2nc(-c3cscn3)no2)c1. The summed E-state index contributed by atoms with van der Waals surface area (Å²) in [5, 5.41) is 8.09. The number of rotatable bonds is 3. The molecule has 0 saturated carbocycles. The molecule has 0 radical (unpaired) electrons. The first-order valence-electron chi connectivity index (χ1n) is 5.27. The monoisotopic (exact) mass is 286 g/mol. The Morgan fingerprint density at radius 1 is 1.37 bits per heavy atom. The molecule has 0 unspecified atom stereocenters. The second-order valence-electron chi connectivity index (χ2n) is 3.55. The molecule has 0 fully saturated rings. The minimum atomic E-state index is 0.421. The quantitative estimate of drug-likeness (QED) is 0.543. The van der Waals surface area contributed by atoms with Crippen LogP contribution in [0.15, 0.2) is 44.7 Å². The second-order valence-corrected chi connectivity index (χ2v) is 4.45. The van der Waals surface area contributed by atoms with Gasteiger partial charge in [-0.2, -0.15) is 9.98 Å². The van der Waals surface area contributed by atoms with Gasteiger partial charge in [0.15, 0.2) is 0 Å². The van der Waals surface area contributed by atoms with Crippen LogP contribution in [0.2, 0.25) is 0 Å². The number of thiazole rings is 1. The van der Waals surface area contributed by atoms with Gasteiger partial charge >= 0.3 is 0 Å². The first kappa shape index (κ1) is 11.9. The van der Waals surface area contributed by atoms with E-state index in [-0.39, 0.29) is 0 Å². The molecule has 7 heteroatoms. The Morgan fingerprint density at radius 2 is 2.32 bits per heavy atom. The minimum absolute atomic E-state index is 0.421. The van der Waals surface area contributed by atoms with Crippen molar-refractivity contribution in [3.8, 4) is 23.0 Å². The number of thiocarbonyl (C=S) groups is 1. The highest BCUT2D eigenvalue weighted by Gasteiger charge is 2.11. The average Bonchev–Trinajstić information content (AvgIpc) is 3.11. The molecule has 0 amide bonds. The van der Waals surface area contributed by atoms with Gasteiger partial charge in [-0.05, 0) is 30.4 Å². The van der Waals surface area contributed by atoms with Gasteiger partial charge in [-0.3, -0.25) is 0 Å². The summed E-state index contributed by atoms with van der Waals surface area (Å²) >= 11 is 6.06. The van der Waals surface area contributed by atoms with Crippen molar-refractivity contribution in [3.63, 3.8) is 0 Å². The summed E-state index contributed by atoms with van der Waals surface area (Å²) in [5.74, 6) is 0.893. The van der Waals surface area contributed by atoms with Crippen LogP contribution in [-0.2, 0) is 0 Å². The normalized spacial score (nSPS) is 10.1. The zero-order valence-corrected chi connectivity index (χ0v) is 11.1. The summed E-state index contributed by atoms with van der Waals surface area (Å²) < 4.78 is 5.22. The lowest BCUT2D eigenvalue weighted by molar-refractivity contribution is 0.432. The lowest BCUT2D eigenvalue weighted by atomic mass is 10.2. The van der Waals surface area contributed by atoms with Gasteiger partial charge in [0.1, 0.15) is 5.69 Å². The van der Waals surface area contributed by atoms with Crippen LogP contribution in [0.1, 0.15) is 0 Å². The van der Waals surface area contributed by atoms with E-state index in [1.54, 1.807) is 11.6 Å². The average molecular weight is 286 g/mol. The van der Waals surface area contributed by atoms with Crippen molar-refractivity contribution in [1.82, 2.24) is 15.1 Å². The molecule has 2 aromatic heterocycles. The standard InChI is InChI=1S/C12H6N4OS2/c18-6-13-9-3-1-2-8(4-9)12-15-11(16-17-12)10-5-19-7-14-10/h1-5,7H. The largest absolute Gasteiger partial charge is 0.334 e. The predicted molar refractivity (Wildman–Crippen MR) is 75.5 cm³/mol. The van der Waals surface area contributed by atoms with Gasteiger partial charge in [-0.1, -0.05) is 11.2 Å². The summed E-state index contributed by atoms with van der Waals surface area (Å²) in [6.45, 7) is 0. The van der Waals surface area contributed by atoms with Crippen LogP contribution in [0.4, 0.5) is 5.69 Å². The highest BCUT2D eigenvalue weighted by atomic mass is 32.1. The van der Waals surface area contributed by atoms with Crippen molar-refractivity contribution >= 4 is 34.4 Å². The van der Waals surface area contributed by atoms with E-state index in [0.29, 0.717) is 23.1 Å². The van der Waals surface area contributed by atoms with Crippen molar-refractivity contribution in [2.45, 2.75) is 0 Å². The van der Waals surface area contributed by atoms with Crippen molar-refractivity contribution in [2.24, 2.45) is 4.99 Å². The smallest absolute Gasteiger partial charge is 0.258 e. The third-order valence-electron chi connectivity index (χ3n) is 2.36. The zero-order valence-electron chi connectivity index (χ0n) is 9.48. The van der Waals surface area contributed by atoms with Gasteiger partial charge in [0.25, 0.3) is 5.89 Å². The molecule has 0 aliphatic rings. The van der Waals surface area contributed by atoms with Gasteiger partial charge in [-0.25, -0.2) is 4.98 Å². The van der Waals surface area contributed by atoms with Gasteiger partial charge in [0.2, 0.25) is 5.82 Å². The lowest BCUT2D eigenvalue weighted by Gasteiger charge is -1.94. The molecule has 0 bridgehead atoms. The Morgan fingerprint density at radius 3 is 3.11 bits per heavy atom. The summed E-state index contributed by atoms with van der Waals surface area (Å²) in [5.41, 5.74) is 3.90. The molecule has 0 spiro atoms. The maximum absolute atomic E-state index is 5.22. The maximum Gasteiger partial charge on any atom is 0.258 e. The lowest BCUT2D eigenvalue weighted by Crippen LogP contribution is -1.80. The minimum Gasteiger partial charge on any atom is -0.334 e. The Labute approximate surface area is 117 Å². The van der Waals surface area contributed by atoms with E-state index >= 15 is 0 Å². The van der Waals surface area contributed by atoms with Crippen LogP contribution < -0.4 is 0 Å². The number of benzene rings is 1. The molecule has 0 aliphatic carbocycles. The Hall–Kier alpha value is -2.21. The van der Waals surface area contributed by atoms with Crippen molar-refractivity contribution < 1.29 is 4.52 Å². The van der Waals surface area contributed by atoms with Crippen LogP contribution >= 0.6 is 23.6 Å². The molecule has 19 heavy (non-hydrogen) atoms. The number of hydrogen-bond donors (Lipinski definition) is 0. The van der Waals surface area contributed by atoms with E-state index < -0.39 is 0 Å². The van der Waals surface area contributed by atoms with Crippen molar-refractivity contribution in [3.05, 3.63) is 35.2 Å². The first-order valence-corrected chi connectivity index (χ1v) is 6.62. The number of nitrogens with zero attached hydrogens (tertiary/aromatic N) is 4. The fourth-order valence-corrected chi connectivity index (χ4v) is 2.16. The van der Waals surface area contributed by atoms with E-state index in [4.69, 9.17) is 4.52 Å². The van der Waals surface area contributed by atoms with Gasteiger partial charge in [0, 0.05) is 10.9 Å². The van der Waals surface area contributed by atoms with Crippen LogP contribution in [0, 0.1) is 0 Å².